The number of benzene rings is 1. The molecule has 1 aromatic carbocycles. The number of carbonyl (C=O) groups excluding carboxylic acids is 1. The molecule has 1 amide bonds. The number of ether oxygens (including phenoxy) is 1. The lowest BCUT2D eigenvalue weighted by atomic mass is 10.2. The van der Waals surface area contributed by atoms with E-state index in [0.29, 0.717) is 5.92 Å². The number of amides is 1. The van der Waals surface area contributed by atoms with Crippen LogP contribution in [-0.4, -0.2) is 31.0 Å². The molecular formula is C13H17NO2. The van der Waals surface area contributed by atoms with Gasteiger partial charge in [-0.15, -0.1) is 0 Å². The number of methoxy groups -OCH3 is 1. The summed E-state index contributed by atoms with van der Waals surface area (Å²) in [6.45, 7) is 3.94. The van der Waals surface area contributed by atoms with Crippen LogP contribution in [0.4, 0.5) is 0 Å². The molecule has 3 heteroatoms. The van der Waals surface area contributed by atoms with Gasteiger partial charge < -0.3 is 9.64 Å². The van der Waals surface area contributed by atoms with Crippen LogP contribution in [-0.2, 0) is 0 Å². The van der Waals surface area contributed by atoms with E-state index in [1.165, 1.54) is 0 Å². The summed E-state index contributed by atoms with van der Waals surface area (Å²) in [5.41, 5.74) is 0.745. The van der Waals surface area contributed by atoms with Crippen LogP contribution < -0.4 is 4.74 Å². The van der Waals surface area contributed by atoms with Crippen LogP contribution in [0, 0.1) is 5.92 Å². The van der Waals surface area contributed by atoms with Crippen LogP contribution >= 0.6 is 0 Å². The molecule has 0 spiro atoms. The van der Waals surface area contributed by atoms with Crippen LogP contribution in [0.1, 0.15) is 23.7 Å². The van der Waals surface area contributed by atoms with E-state index in [1.807, 2.05) is 29.2 Å². The SMILES string of the molecule is COc1ccc(C(=O)N2CCC(C)C2)cc1. The smallest absolute Gasteiger partial charge is 0.253 e. The fraction of sp³-hybridized carbons (Fsp3) is 0.462. The summed E-state index contributed by atoms with van der Waals surface area (Å²) in [6, 6.07) is 7.30. The van der Waals surface area contributed by atoms with Crippen molar-refractivity contribution in [2.45, 2.75) is 13.3 Å². The highest BCUT2D eigenvalue weighted by Crippen LogP contribution is 2.19. The van der Waals surface area contributed by atoms with Gasteiger partial charge in [0.2, 0.25) is 0 Å². The normalized spacial score (nSPS) is 19.9. The van der Waals surface area contributed by atoms with Crippen LogP contribution in [0.25, 0.3) is 0 Å². The van der Waals surface area contributed by atoms with E-state index < -0.39 is 0 Å². The minimum atomic E-state index is 0.131. The summed E-state index contributed by atoms with van der Waals surface area (Å²) < 4.78 is 5.07. The van der Waals surface area contributed by atoms with Gasteiger partial charge in [0.25, 0.3) is 5.91 Å². The Balaban J connectivity index is 2.08. The predicted octanol–water partition coefficient (Wildman–Crippen LogP) is 2.18. The van der Waals surface area contributed by atoms with Gasteiger partial charge in [0, 0.05) is 18.7 Å². The maximum Gasteiger partial charge on any atom is 0.253 e. The van der Waals surface area contributed by atoms with Crippen LogP contribution in [0.3, 0.4) is 0 Å². The fourth-order valence-corrected chi connectivity index (χ4v) is 2.04. The molecular weight excluding hydrogens is 202 g/mol. The van der Waals surface area contributed by atoms with Gasteiger partial charge in [-0.25, -0.2) is 0 Å². The third-order valence-corrected chi connectivity index (χ3v) is 3.05. The first-order valence-electron chi connectivity index (χ1n) is 5.64. The minimum absolute atomic E-state index is 0.131. The second-order valence-corrected chi connectivity index (χ2v) is 4.37. The van der Waals surface area contributed by atoms with Crippen molar-refractivity contribution in [1.29, 1.82) is 0 Å². The molecule has 2 rings (SSSR count). The molecule has 1 aliphatic heterocycles. The Kier molecular flexibility index (Phi) is 3.13. The van der Waals surface area contributed by atoms with E-state index in [2.05, 4.69) is 6.92 Å². The van der Waals surface area contributed by atoms with Gasteiger partial charge in [-0.3, -0.25) is 4.79 Å². The second kappa shape index (κ2) is 4.56. The van der Waals surface area contributed by atoms with Gasteiger partial charge in [0.15, 0.2) is 0 Å². The maximum absolute atomic E-state index is 12.1. The molecule has 1 heterocycles. The Morgan fingerprint density at radius 3 is 2.56 bits per heavy atom. The van der Waals surface area contributed by atoms with Gasteiger partial charge >= 0.3 is 0 Å². The molecule has 0 saturated carbocycles. The van der Waals surface area contributed by atoms with Gasteiger partial charge in [-0.05, 0) is 36.6 Å². The zero-order chi connectivity index (χ0) is 11.5. The molecule has 0 radical (unpaired) electrons. The molecule has 1 aliphatic rings. The third-order valence-electron chi connectivity index (χ3n) is 3.05. The average Bonchev–Trinajstić information content (AvgIpc) is 2.75. The summed E-state index contributed by atoms with van der Waals surface area (Å²) in [5, 5.41) is 0. The molecule has 0 N–H and O–H groups in total. The third kappa shape index (κ3) is 2.18. The lowest BCUT2D eigenvalue weighted by Crippen LogP contribution is -2.28. The van der Waals surface area contributed by atoms with E-state index in [9.17, 15) is 4.79 Å². The minimum Gasteiger partial charge on any atom is -0.497 e. The van der Waals surface area contributed by atoms with Crippen molar-refractivity contribution in [1.82, 2.24) is 4.90 Å². The summed E-state index contributed by atoms with van der Waals surface area (Å²) in [5.74, 6) is 1.54. The van der Waals surface area contributed by atoms with Crippen LogP contribution in [0.2, 0.25) is 0 Å². The number of rotatable bonds is 2. The maximum atomic E-state index is 12.1. The highest BCUT2D eigenvalue weighted by Gasteiger charge is 2.23. The van der Waals surface area contributed by atoms with E-state index in [0.717, 1.165) is 30.8 Å². The van der Waals surface area contributed by atoms with E-state index in [4.69, 9.17) is 4.74 Å². The number of carbonyl (C=O) groups is 1. The van der Waals surface area contributed by atoms with Gasteiger partial charge in [-0.2, -0.15) is 0 Å². The quantitative estimate of drug-likeness (QED) is 0.763. The van der Waals surface area contributed by atoms with Gasteiger partial charge in [0.05, 0.1) is 7.11 Å². The van der Waals surface area contributed by atoms with Crippen molar-refractivity contribution in [3.05, 3.63) is 29.8 Å². The van der Waals surface area contributed by atoms with E-state index >= 15 is 0 Å². The molecule has 1 fully saturated rings. The Morgan fingerprint density at radius 2 is 2.06 bits per heavy atom. The molecule has 0 aliphatic carbocycles. The van der Waals surface area contributed by atoms with Crippen molar-refractivity contribution in [3.63, 3.8) is 0 Å². The van der Waals surface area contributed by atoms with Gasteiger partial charge in [-0.1, -0.05) is 6.92 Å². The number of likely N-dealkylation sites (tertiary alicyclic amines) is 1. The molecule has 1 atom stereocenters. The summed E-state index contributed by atoms with van der Waals surface area (Å²) in [7, 11) is 1.62. The average molecular weight is 219 g/mol. The first kappa shape index (κ1) is 11.0. The zero-order valence-corrected chi connectivity index (χ0v) is 9.77. The predicted molar refractivity (Wildman–Crippen MR) is 62.7 cm³/mol. The fourth-order valence-electron chi connectivity index (χ4n) is 2.04. The van der Waals surface area contributed by atoms with Crippen LogP contribution in [0.15, 0.2) is 24.3 Å². The highest BCUT2D eigenvalue weighted by atomic mass is 16.5. The van der Waals surface area contributed by atoms with Crippen molar-refractivity contribution in [2.24, 2.45) is 5.92 Å². The Morgan fingerprint density at radius 1 is 1.38 bits per heavy atom. The monoisotopic (exact) mass is 219 g/mol. The standard InChI is InChI=1S/C13H17NO2/c1-10-7-8-14(9-10)13(15)11-3-5-12(16-2)6-4-11/h3-6,10H,7-9H2,1-2H3. The molecule has 3 nitrogen and oxygen atoms in total. The number of hydrogen-bond acceptors (Lipinski definition) is 2. The first-order valence-corrected chi connectivity index (χ1v) is 5.64. The van der Waals surface area contributed by atoms with E-state index in [1.54, 1.807) is 7.11 Å². The Bertz CT molecular complexity index is 372. The largest absolute Gasteiger partial charge is 0.497 e. The second-order valence-electron chi connectivity index (χ2n) is 4.37. The summed E-state index contributed by atoms with van der Waals surface area (Å²) in [6.07, 6.45) is 1.11. The first-order chi connectivity index (χ1) is 7.70. The number of nitrogens with zero attached hydrogens (tertiary/aromatic N) is 1. The number of hydrogen-bond donors (Lipinski definition) is 0. The van der Waals surface area contributed by atoms with E-state index in [-0.39, 0.29) is 5.91 Å². The van der Waals surface area contributed by atoms with Crippen molar-refractivity contribution in [2.75, 3.05) is 20.2 Å². The molecule has 0 aromatic heterocycles. The Labute approximate surface area is 96.0 Å². The molecule has 86 valence electrons. The topological polar surface area (TPSA) is 29.5 Å². The lowest BCUT2D eigenvalue weighted by molar-refractivity contribution is 0.0788. The molecule has 0 bridgehead atoms. The van der Waals surface area contributed by atoms with Crippen molar-refractivity contribution < 1.29 is 9.53 Å². The Hall–Kier alpha value is -1.51. The highest BCUT2D eigenvalue weighted by molar-refractivity contribution is 5.94. The van der Waals surface area contributed by atoms with Crippen molar-refractivity contribution in [3.8, 4) is 5.75 Å². The lowest BCUT2D eigenvalue weighted by Gasteiger charge is -2.15. The molecule has 1 saturated heterocycles. The van der Waals surface area contributed by atoms with Gasteiger partial charge in [0.1, 0.15) is 5.75 Å². The van der Waals surface area contributed by atoms with Crippen LogP contribution in [0.5, 0.6) is 5.75 Å². The summed E-state index contributed by atoms with van der Waals surface area (Å²) >= 11 is 0. The molecule has 1 aromatic rings. The molecule has 1 unspecified atom stereocenters. The zero-order valence-electron chi connectivity index (χ0n) is 9.77. The molecule has 16 heavy (non-hydrogen) atoms. The van der Waals surface area contributed by atoms with Crippen molar-refractivity contribution >= 4 is 5.91 Å². The summed E-state index contributed by atoms with van der Waals surface area (Å²) in [4.78, 5) is 14.0.